The van der Waals surface area contributed by atoms with Crippen molar-refractivity contribution in [3.8, 4) is 5.69 Å². The van der Waals surface area contributed by atoms with Gasteiger partial charge >= 0.3 is 6.18 Å². The van der Waals surface area contributed by atoms with Gasteiger partial charge in [-0.3, -0.25) is 9.59 Å². The fraction of sp³-hybridized carbons (Fsp3) is 0.0417. The monoisotopic (exact) mass is 468 g/mol. The van der Waals surface area contributed by atoms with Crippen LogP contribution in [-0.4, -0.2) is 21.6 Å². The van der Waals surface area contributed by atoms with Gasteiger partial charge in [-0.2, -0.15) is 18.3 Å². The molecule has 0 spiro atoms. The number of nitrogens with zero attached hydrogens (tertiary/aromatic N) is 2. The maximum atomic E-state index is 13.8. The molecule has 4 aromatic rings. The second-order valence-electron chi connectivity index (χ2n) is 7.14. The average molecular weight is 468 g/mol. The minimum atomic E-state index is -4.83. The Balaban J connectivity index is 1.55. The van der Waals surface area contributed by atoms with E-state index in [4.69, 9.17) is 0 Å². The zero-order chi connectivity index (χ0) is 24.3. The minimum absolute atomic E-state index is 0.140. The van der Waals surface area contributed by atoms with Crippen molar-refractivity contribution in [1.82, 2.24) is 9.78 Å². The number of hydrogen-bond acceptors (Lipinski definition) is 3. The van der Waals surface area contributed by atoms with Crippen LogP contribution in [0.2, 0.25) is 0 Å². The van der Waals surface area contributed by atoms with Gasteiger partial charge in [0, 0.05) is 23.6 Å². The summed E-state index contributed by atoms with van der Waals surface area (Å²) in [6.45, 7) is 0. The molecule has 172 valence electrons. The van der Waals surface area contributed by atoms with Crippen LogP contribution in [0.4, 0.5) is 28.9 Å². The third-order valence-electron chi connectivity index (χ3n) is 4.85. The molecule has 0 radical (unpaired) electrons. The Kier molecular flexibility index (Phi) is 6.13. The fourth-order valence-corrected chi connectivity index (χ4v) is 3.19. The second-order valence-corrected chi connectivity index (χ2v) is 7.14. The van der Waals surface area contributed by atoms with Crippen LogP contribution >= 0.6 is 0 Å². The number of alkyl halides is 3. The Morgan fingerprint density at radius 3 is 2.24 bits per heavy atom. The Morgan fingerprint density at radius 1 is 0.853 bits per heavy atom. The fourth-order valence-electron chi connectivity index (χ4n) is 3.19. The van der Waals surface area contributed by atoms with E-state index in [1.807, 2.05) is 0 Å². The van der Waals surface area contributed by atoms with Crippen LogP contribution in [0.1, 0.15) is 26.3 Å². The van der Waals surface area contributed by atoms with Gasteiger partial charge in [0.15, 0.2) is 0 Å². The van der Waals surface area contributed by atoms with E-state index in [9.17, 15) is 27.2 Å². The van der Waals surface area contributed by atoms with Crippen molar-refractivity contribution in [1.29, 1.82) is 0 Å². The third kappa shape index (κ3) is 4.96. The number of amides is 2. The van der Waals surface area contributed by atoms with Crippen molar-refractivity contribution in [2.24, 2.45) is 0 Å². The molecule has 0 saturated carbocycles. The molecule has 4 rings (SSSR count). The van der Waals surface area contributed by atoms with Gasteiger partial charge in [0.25, 0.3) is 11.8 Å². The number of benzene rings is 3. The molecule has 1 heterocycles. The number of anilines is 2. The van der Waals surface area contributed by atoms with Gasteiger partial charge in [-0.15, -0.1) is 0 Å². The Morgan fingerprint density at radius 2 is 1.59 bits per heavy atom. The average Bonchev–Trinajstić information content (AvgIpc) is 3.35. The first-order chi connectivity index (χ1) is 16.2. The van der Waals surface area contributed by atoms with Gasteiger partial charge in [-0.25, -0.2) is 9.07 Å². The summed E-state index contributed by atoms with van der Waals surface area (Å²) in [5, 5.41) is 8.56. The van der Waals surface area contributed by atoms with Crippen molar-refractivity contribution in [2.45, 2.75) is 6.18 Å². The van der Waals surface area contributed by atoms with E-state index < -0.39 is 35.1 Å². The van der Waals surface area contributed by atoms with Gasteiger partial charge in [-0.1, -0.05) is 12.1 Å². The summed E-state index contributed by atoms with van der Waals surface area (Å²) < 4.78 is 56.4. The van der Waals surface area contributed by atoms with Crippen LogP contribution in [0, 0.1) is 5.82 Å². The Bertz CT molecular complexity index is 1330. The van der Waals surface area contributed by atoms with Crippen LogP contribution in [0.15, 0.2) is 85.2 Å². The van der Waals surface area contributed by atoms with E-state index in [0.717, 1.165) is 12.1 Å². The van der Waals surface area contributed by atoms with Crippen LogP contribution in [0.5, 0.6) is 0 Å². The molecule has 0 fully saturated rings. The standard InChI is InChI=1S/C24H16F4N4O2/c25-20-5-2-1-4-18(20)23(34)30-16-8-11-21(19(14-16)24(26,27)28)31-22(33)15-6-9-17(10-7-15)32-13-3-12-29-32/h1-14H,(H,30,34)(H,31,33). The molecule has 3 aromatic carbocycles. The number of hydrogen-bond donors (Lipinski definition) is 2. The number of rotatable bonds is 5. The van der Waals surface area contributed by atoms with Gasteiger partial charge in [0.1, 0.15) is 5.82 Å². The third-order valence-corrected chi connectivity index (χ3v) is 4.85. The Labute approximate surface area is 190 Å². The summed E-state index contributed by atoms with van der Waals surface area (Å²) in [7, 11) is 0. The highest BCUT2D eigenvalue weighted by atomic mass is 19.4. The van der Waals surface area contributed by atoms with E-state index in [0.29, 0.717) is 11.8 Å². The van der Waals surface area contributed by atoms with Crippen molar-refractivity contribution < 1.29 is 27.2 Å². The first kappa shape index (κ1) is 22.7. The molecule has 0 bridgehead atoms. The zero-order valence-electron chi connectivity index (χ0n) is 17.3. The van der Waals surface area contributed by atoms with Crippen LogP contribution in [-0.2, 0) is 6.18 Å². The summed E-state index contributed by atoms with van der Waals surface area (Å²) in [6.07, 6.45) is -1.54. The molecule has 0 atom stereocenters. The van der Waals surface area contributed by atoms with Crippen LogP contribution in [0.25, 0.3) is 5.69 Å². The van der Waals surface area contributed by atoms with Crippen molar-refractivity contribution in [3.05, 3.63) is 108 Å². The summed E-state index contributed by atoms with van der Waals surface area (Å²) in [6, 6.07) is 15.8. The molecule has 0 aliphatic rings. The van der Waals surface area contributed by atoms with Crippen LogP contribution < -0.4 is 10.6 Å². The molecule has 0 aliphatic heterocycles. The number of carbonyl (C=O) groups excluding carboxylic acids is 2. The predicted molar refractivity (Wildman–Crippen MR) is 117 cm³/mol. The molecule has 6 nitrogen and oxygen atoms in total. The van der Waals surface area contributed by atoms with Gasteiger partial charge in [0.05, 0.1) is 22.5 Å². The minimum Gasteiger partial charge on any atom is -0.322 e. The number of nitrogens with one attached hydrogen (secondary N) is 2. The van der Waals surface area contributed by atoms with E-state index in [1.54, 1.807) is 35.3 Å². The second kappa shape index (κ2) is 9.18. The van der Waals surface area contributed by atoms with E-state index >= 15 is 0 Å². The van der Waals surface area contributed by atoms with E-state index in [1.165, 1.54) is 36.4 Å². The van der Waals surface area contributed by atoms with Crippen molar-refractivity contribution in [2.75, 3.05) is 10.6 Å². The lowest BCUT2D eigenvalue weighted by Crippen LogP contribution is -2.18. The normalized spacial score (nSPS) is 11.2. The van der Waals surface area contributed by atoms with Gasteiger partial charge in [0.2, 0.25) is 0 Å². The maximum Gasteiger partial charge on any atom is 0.418 e. The molecule has 1 aromatic heterocycles. The molecule has 0 aliphatic carbocycles. The first-order valence-electron chi connectivity index (χ1n) is 9.91. The van der Waals surface area contributed by atoms with Crippen molar-refractivity contribution in [3.63, 3.8) is 0 Å². The summed E-state index contributed by atoms with van der Waals surface area (Å²) >= 11 is 0. The molecule has 2 N–H and O–H groups in total. The maximum absolute atomic E-state index is 13.8. The van der Waals surface area contributed by atoms with E-state index in [2.05, 4.69) is 15.7 Å². The number of aromatic nitrogens is 2. The SMILES string of the molecule is O=C(Nc1ccc(NC(=O)c2ccccc2F)cc1C(F)(F)F)c1ccc(-n2cccn2)cc1. The lowest BCUT2D eigenvalue weighted by molar-refractivity contribution is -0.136. The Hall–Kier alpha value is -4.47. The first-order valence-corrected chi connectivity index (χ1v) is 9.91. The topological polar surface area (TPSA) is 76.0 Å². The number of halogens is 4. The number of carbonyl (C=O) groups is 2. The summed E-state index contributed by atoms with van der Waals surface area (Å²) in [4.78, 5) is 24.8. The van der Waals surface area contributed by atoms with Gasteiger partial charge < -0.3 is 10.6 Å². The molecule has 0 saturated heterocycles. The molecule has 2 amide bonds. The highest BCUT2D eigenvalue weighted by molar-refractivity contribution is 6.06. The molecular weight excluding hydrogens is 452 g/mol. The smallest absolute Gasteiger partial charge is 0.322 e. The zero-order valence-corrected chi connectivity index (χ0v) is 17.3. The molecule has 0 unspecified atom stereocenters. The highest BCUT2D eigenvalue weighted by Gasteiger charge is 2.34. The van der Waals surface area contributed by atoms with Crippen molar-refractivity contribution >= 4 is 23.2 Å². The molecule has 10 heteroatoms. The molecular formula is C24H16F4N4O2. The highest BCUT2D eigenvalue weighted by Crippen LogP contribution is 2.37. The predicted octanol–water partition coefficient (Wildman–Crippen LogP) is 5.53. The summed E-state index contributed by atoms with van der Waals surface area (Å²) in [5.41, 5.74) is -1.36. The summed E-state index contributed by atoms with van der Waals surface area (Å²) in [5.74, 6) is -2.46. The van der Waals surface area contributed by atoms with Gasteiger partial charge in [-0.05, 0) is 60.7 Å². The molecule has 34 heavy (non-hydrogen) atoms. The largest absolute Gasteiger partial charge is 0.418 e. The van der Waals surface area contributed by atoms with Crippen LogP contribution in [0.3, 0.4) is 0 Å². The lowest BCUT2D eigenvalue weighted by Gasteiger charge is -2.16. The van der Waals surface area contributed by atoms with E-state index in [-0.39, 0.29) is 16.8 Å². The lowest BCUT2D eigenvalue weighted by atomic mass is 10.1. The quantitative estimate of drug-likeness (QED) is 0.378.